The van der Waals surface area contributed by atoms with Crippen molar-refractivity contribution in [2.45, 2.75) is 19.9 Å². The van der Waals surface area contributed by atoms with E-state index in [0.29, 0.717) is 11.3 Å². The van der Waals surface area contributed by atoms with Crippen LogP contribution in [0.5, 0.6) is 11.5 Å². The molecule has 106 valence electrons. The molecule has 2 aromatic carbocycles. The van der Waals surface area contributed by atoms with E-state index in [2.05, 4.69) is 5.32 Å². The van der Waals surface area contributed by atoms with Crippen LogP contribution in [0.15, 0.2) is 36.4 Å². The first-order chi connectivity index (χ1) is 9.51. The largest absolute Gasteiger partial charge is 0.454 e. The van der Waals surface area contributed by atoms with Crippen molar-refractivity contribution >= 4 is 0 Å². The number of aryl methyl sites for hydroxylation is 1. The molecule has 1 N–H and O–H groups in total. The molecule has 0 aliphatic carbocycles. The molecule has 20 heavy (non-hydrogen) atoms. The summed E-state index contributed by atoms with van der Waals surface area (Å²) in [6, 6.07) is 8.75. The van der Waals surface area contributed by atoms with E-state index in [4.69, 9.17) is 4.74 Å². The van der Waals surface area contributed by atoms with Crippen molar-refractivity contribution in [3.05, 3.63) is 59.2 Å². The molecule has 2 nitrogen and oxygen atoms in total. The van der Waals surface area contributed by atoms with Crippen LogP contribution >= 0.6 is 0 Å². The van der Waals surface area contributed by atoms with E-state index >= 15 is 0 Å². The summed E-state index contributed by atoms with van der Waals surface area (Å²) in [4.78, 5) is 0. The first-order valence-corrected chi connectivity index (χ1v) is 6.42. The van der Waals surface area contributed by atoms with E-state index in [1.54, 1.807) is 19.2 Å². The number of hydrogen-bond donors (Lipinski definition) is 1. The highest BCUT2D eigenvalue weighted by Gasteiger charge is 2.14. The Balaban J connectivity index is 2.40. The third-order valence-electron chi connectivity index (χ3n) is 3.18. The first kappa shape index (κ1) is 14.5. The molecule has 0 amide bonds. The van der Waals surface area contributed by atoms with Crippen LogP contribution in [-0.2, 0) is 0 Å². The van der Waals surface area contributed by atoms with Crippen LogP contribution in [0.2, 0.25) is 0 Å². The van der Waals surface area contributed by atoms with Gasteiger partial charge in [-0.25, -0.2) is 8.78 Å². The summed E-state index contributed by atoms with van der Waals surface area (Å²) in [6.45, 7) is 3.74. The zero-order chi connectivity index (χ0) is 14.7. The van der Waals surface area contributed by atoms with Crippen molar-refractivity contribution in [2.75, 3.05) is 7.05 Å². The highest BCUT2D eigenvalue weighted by molar-refractivity contribution is 5.41. The van der Waals surface area contributed by atoms with E-state index in [9.17, 15) is 8.78 Å². The smallest absolute Gasteiger partial charge is 0.165 e. The van der Waals surface area contributed by atoms with Gasteiger partial charge in [0, 0.05) is 11.6 Å². The monoisotopic (exact) mass is 277 g/mol. The van der Waals surface area contributed by atoms with E-state index in [1.807, 2.05) is 13.8 Å². The number of halogens is 2. The van der Waals surface area contributed by atoms with Gasteiger partial charge in [0.2, 0.25) is 0 Å². The first-order valence-electron chi connectivity index (χ1n) is 6.42. The van der Waals surface area contributed by atoms with Crippen LogP contribution in [0.4, 0.5) is 8.78 Å². The van der Waals surface area contributed by atoms with Gasteiger partial charge in [0.1, 0.15) is 11.6 Å². The molecule has 0 radical (unpaired) electrons. The van der Waals surface area contributed by atoms with Crippen LogP contribution in [-0.4, -0.2) is 7.05 Å². The fourth-order valence-corrected chi connectivity index (χ4v) is 1.91. The Morgan fingerprint density at radius 3 is 2.50 bits per heavy atom. The molecular weight excluding hydrogens is 260 g/mol. The zero-order valence-corrected chi connectivity index (χ0v) is 11.7. The Morgan fingerprint density at radius 1 is 1.05 bits per heavy atom. The highest BCUT2D eigenvalue weighted by Crippen LogP contribution is 2.31. The van der Waals surface area contributed by atoms with Gasteiger partial charge in [-0.1, -0.05) is 6.07 Å². The summed E-state index contributed by atoms with van der Waals surface area (Å²) in [5.74, 6) is -0.207. The lowest BCUT2D eigenvalue weighted by Gasteiger charge is -2.17. The lowest BCUT2D eigenvalue weighted by molar-refractivity contribution is 0.429. The number of ether oxygens (including phenoxy) is 1. The van der Waals surface area contributed by atoms with E-state index in [0.717, 1.165) is 5.56 Å². The maximum absolute atomic E-state index is 13.7. The summed E-state index contributed by atoms with van der Waals surface area (Å²) < 4.78 is 32.7. The van der Waals surface area contributed by atoms with Gasteiger partial charge >= 0.3 is 0 Å². The Hall–Kier alpha value is -1.94. The molecule has 1 atom stereocenters. The molecule has 2 rings (SSSR count). The SMILES string of the molecule is CNC(C)c1cc(F)ccc1Oc1cc(C)ccc1F. The van der Waals surface area contributed by atoms with Crippen LogP contribution in [0.25, 0.3) is 0 Å². The van der Waals surface area contributed by atoms with Crippen molar-refractivity contribution in [1.82, 2.24) is 5.32 Å². The standard InChI is InChI=1S/C16H17F2NO/c1-10-4-6-14(18)16(8-10)20-15-7-5-12(17)9-13(15)11(2)19-3/h4-9,11,19H,1-3H3. The third-order valence-corrected chi connectivity index (χ3v) is 3.18. The van der Waals surface area contributed by atoms with Gasteiger partial charge in [0.25, 0.3) is 0 Å². The zero-order valence-electron chi connectivity index (χ0n) is 11.7. The predicted octanol–water partition coefficient (Wildman–Crippen LogP) is 4.35. The normalized spacial score (nSPS) is 12.2. The summed E-state index contributed by atoms with van der Waals surface area (Å²) in [5.41, 5.74) is 1.54. The van der Waals surface area contributed by atoms with Crippen molar-refractivity contribution in [3.8, 4) is 11.5 Å². The number of nitrogens with one attached hydrogen (secondary N) is 1. The molecule has 0 aliphatic rings. The predicted molar refractivity (Wildman–Crippen MR) is 75.1 cm³/mol. The van der Waals surface area contributed by atoms with Gasteiger partial charge in [-0.15, -0.1) is 0 Å². The Kier molecular flexibility index (Phi) is 4.35. The minimum atomic E-state index is -0.442. The topological polar surface area (TPSA) is 21.3 Å². The molecule has 0 saturated carbocycles. The second-order valence-corrected chi connectivity index (χ2v) is 4.73. The molecule has 0 heterocycles. The Labute approximate surface area is 117 Å². The maximum Gasteiger partial charge on any atom is 0.165 e. The van der Waals surface area contributed by atoms with E-state index in [1.165, 1.54) is 24.3 Å². The lowest BCUT2D eigenvalue weighted by atomic mass is 10.1. The van der Waals surface area contributed by atoms with E-state index < -0.39 is 5.82 Å². The van der Waals surface area contributed by atoms with Crippen molar-refractivity contribution < 1.29 is 13.5 Å². The van der Waals surface area contributed by atoms with Gasteiger partial charge in [-0.05, 0) is 56.8 Å². The highest BCUT2D eigenvalue weighted by atomic mass is 19.1. The molecule has 0 fully saturated rings. The lowest BCUT2D eigenvalue weighted by Crippen LogP contribution is -2.13. The van der Waals surface area contributed by atoms with Crippen molar-refractivity contribution in [1.29, 1.82) is 0 Å². The minimum absolute atomic E-state index is 0.103. The van der Waals surface area contributed by atoms with Crippen LogP contribution in [0.1, 0.15) is 24.1 Å². The summed E-state index contributed by atoms with van der Waals surface area (Å²) >= 11 is 0. The number of rotatable bonds is 4. The van der Waals surface area contributed by atoms with Crippen molar-refractivity contribution in [2.24, 2.45) is 0 Å². The average Bonchev–Trinajstić information content (AvgIpc) is 2.43. The number of hydrogen-bond acceptors (Lipinski definition) is 2. The number of benzene rings is 2. The van der Waals surface area contributed by atoms with Crippen LogP contribution in [0.3, 0.4) is 0 Å². The Bertz CT molecular complexity index is 613. The molecule has 2 aromatic rings. The molecule has 0 saturated heterocycles. The van der Waals surface area contributed by atoms with Gasteiger partial charge in [-0.2, -0.15) is 0 Å². The second kappa shape index (κ2) is 6.01. The van der Waals surface area contributed by atoms with Crippen molar-refractivity contribution in [3.63, 3.8) is 0 Å². The van der Waals surface area contributed by atoms with Crippen LogP contribution < -0.4 is 10.1 Å². The summed E-state index contributed by atoms with van der Waals surface area (Å²) in [5, 5.41) is 3.02. The van der Waals surface area contributed by atoms with E-state index in [-0.39, 0.29) is 17.6 Å². The minimum Gasteiger partial charge on any atom is -0.454 e. The molecule has 1 unspecified atom stereocenters. The molecular formula is C16H17F2NO. The van der Waals surface area contributed by atoms with Gasteiger partial charge in [0.05, 0.1) is 0 Å². The van der Waals surface area contributed by atoms with Gasteiger partial charge in [0.15, 0.2) is 11.6 Å². The average molecular weight is 277 g/mol. The Morgan fingerprint density at radius 2 is 1.80 bits per heavy atom. The maximum atomic E-state index is 13.7. The fraction of sp³-hybridized carbons (Fsp3) is 0.250. The third kappa shape index (κ3) is 3.14. The fourth-order valence-electron chi connectivity index (χ4n) is 1.91. The van der Waals surface area contributed by atoms with Crippen LogP contribution in [0, 0.1) is 18.6 Å². The molecule has 0 bridgehead atoms. The van der Waals surface area contributed by atoms with Gasteiger partial charge in [-0.3, -0.25) is 0 Å². The molecule has 0 aromatic heterocycles. The molecule has 4 heteroatoms. The summed E-state index contributed by atoms with van der Waals surface area (Å²) in [6.07, 6.45) is 0. The summed E-state index contributed by atoms with van der Waals surface area (Å²) in [7, 11) is 1.77. The second-order valence-electron chi connectivity index (χ2n) is 4.73. The molecule has 0 spiro atoms. The quantitative estimate of drug-likeness (QED) is 0.897. The molecule has 0 aliphatic heterocycles. The van der Waals surface area contributed by atoms with Gasteiger partial charge < -0.3 is 10.1 Å².